The summed E-state index contributed by atoms with van der Waals surface area (Å²) in [6.45, 7) is 5.35. The van der Waals surface area contributed by atoms with Crippen LogP contribution in [0.15, 0.2) is 47.3 Å². The number of nitrogens with zero attached hydrogens (tertiary/aromatic N) is 5. The molecule has 1 aliphatic rings. The predicted molar refractivity (Wildman–Crippen MR) is 90.6 cm³/mol. The van der Waals surface area contributed by atoms with Crippen molar-refractivity contribution in [3.8, 4) is 11.4 Å². The molecule has 0 N–H and O–H groups in total. The molecule has 1 aliphatic heterocycles. The Bertz CT molecular complexity index is 870. The van der Waals surface area contributed by atoms with Gasteiger partial charge in [0.15, 0.2) is 17.4 Å². The highest BCUT2D eigenvalue weighted by molar-refractivity contribution is 5.91. The number of furan rings is 1. The van der Waals surface area contributed by atoms with Crippen LogP contribution in [0.1, 0.15) is 36.3 Å². The van der Waals surface area contributed by atoms with Crippen molar-refractivity contribution in [1.82, 2.24) is 24.6 Å². The number of aromatic nitrogens is 4. The number of hydrogen-bond donors (Lipinski definition) is 0. The molecule has 128 valence electrons. The van der Waals surface area contributed by atoms with Crippen molar-refractivity contribution in [2.24, 2.45) is 5.92 Å². The van der Waals surface area contributed by atoms with E-state index in [2.05, 4.69) is 23.9 Å². The molecular formula is C18H19N5O2. The average molecular weight is 337 g/mol. The molecule has 0 radical (unpaired) electrons. The van der Waals surface area contributed by atoms with Crippen LogP contribution in [0, 0.1) is 5.92 Å². The molecule has 25 heavy (non-hydrogen) atoms. The van der Waals surface area contributed by atoms with E-state index in [4.69, 9.17) is 9.40 Å². The number of pyridine rings is 1. The van der Waals surface area contributed by atoms with Gasteiger partial charge in [0, 0.05) is 24.5 Å². The van der Waals surface area contributed by atoms with Gasteiger partial charge in [0.2, 0.25) is 0 Å². The number of fused-ring (bicyclic) bond motifs is 1. The molecule has 0 aromatic carbocycles. The minimum atomic E-state index is -0.149. The molecule has 0 saturated heterocycles. The highest BCUT2D eigenvalue weighted by Crippen LogP contribution is 2.33. The van der Waals surface area contributed by atoms with E-state index in [1.807, 2.05) is 21.7 Å². The Kier molecular flexibility index (Phi) is 3.83. The molecule has 1 amide bonds. The van der Waals surface area contributed by atoms with E-state index in [0.29, 0.717) is 24.7 Å². The standard InChI is InChI=1S/C18H19N5O2/c1-12(2)15-17-20-16(13-5-3-7-19-11-13)21-23(17)9-8-22(15)18(24)14-6-4-10-25-14/h3-7,10-12,15H,8-9H2,1-2H3/t15-/m1/s1. The Morgan fingerprint density at radius 1 is 1.28 bits per heavy atom. The third kappa shape index (κ3) is 2.71. The average Bonchev–Trinajstić information content (AvgIpc) is 3.30. The number of carbonyl (C=O) groups excluding carboxylic acids is 1. The van der Waals surface area contributed by atoms with Crippen LogP contribution >= 0.6 is 0 Å². The zero-order chi connectivity index (χ0) is 17.4. The van der Waals surface area contributed by atoms with Crippen molar-refractivity contribution in [1.29, 1.82) is 0 Å². The molecule has 3 aromatic heterocycles. The summed E-state index contributed by atoms with van der Waals surface area (Å²) in [5.74, 6) is 1.89. The summed E-state index contributed by atoms with van der Waals surface area (Å²) < 4.78 is 7.20. The maximum absolute atomic E-state index is 12.8. The Hall–Kier alpha value is -2.96. The van der Waals surface area contributed by atoms with E-state index in [9.17, 15) is 4.79 Å². The van der Waals surface area contributed by atoms with Crippen LogP contribution in [0.3, 0.4) is 0 Å². The maximum Gasteiger partial charge on any atom is 0.290 e. The van der Waals surface area contributed by atoms with Gasteiger partial charge in [-0.05, 0) is 30.2 Å². The van der Waals surface area contributed by atoms with Crippen LogP contribution in [-0.4, -0.2) is 37.1 Å². The lowest BCUT2D eigenvalue weighted by molar-refractivity contribution is 0.0505. The highest BCUT2D eigenvalue weighted by Gasteiger charge is 2.37. The van der Waals surface area contributed by atoms with Crippen LogP contribution in [0.2, 0.25) is 0 Å². The molecule has 0 saturated carbocycles. The first-order valence-electron chi connectivity index (χ1n) is 8.35. The zero-order valence-electron chi connectivity index (χ0n) is 14.2. The predicted octanol–water partition coefficient (Wildman–Crippen LogP) is 2.79. The summed E-state index contributed by atoms with van der Waals surface area (Å²) in [7, 11) is 0. The SMILES string of the molecule is CC(C)[C@@H]1c2nc(-c3cccnc3)nn2CCN1C(=O)c1ccco1. The molecule has 0 bridgehead atoms. The molecule has 0 aliphatic carbocycles. The van der Waals surface area contributed by atoms with Gasteiger partial charge < -0.3 is 9.32 Å². The van der Waals surface area contributed by atoms with E-state index in [-0.39, 0.29) is 17.9 Å². The molecular weight excluding hydrogens is 318 g/mol. The third-order valence-electron chi connectivity index (χ3n) is 4.40. The first-order chi connectivity index (χ1) is 12.1. The van der Waals surface area contributed by atoms with Crippen LogP contribution in [-0.2, 0) is 6.54 Å². The molecule has 4 rings (SSSR count). The van der Waals surface area contributed by atoms with Crippen molar-refractivity contribution in [2.75, 3.05) is 6.54 Å². The van der Waals surface area contributed by atoms with Gasteiger partial charge in [-0.1, -0.05) is 13.8 Å². The number of amides is 1. The van der Waals surface area contributed by atoms with Gasteiger partial charge in [-0.15, -0.1) is 0 Å². The zero-order valence-corrected chi connectivity index (χ0v) is 14.2. The number of hydrogen-bond acceptors (Lipinski definition) is 5. The van der Waals surface area contributed by atoms with Gasteiger partial charge in [-0.25, -0.2) is 9.67 Å². The summed E-state index contributed by atoms with van der Waals surface area (Å²) in [6.07, 6.45) is 4.99. The van der Waals surface area contributed by atoms with Crippen LogP contribution in [0.25, 0.3) is 11.4 Å². The van der Waals surface area contributed by atoms with E-state index in [0.717, 1.165) is 11.4 Å². The number of carbonyl (C=O) groups is 1. The van der Waals surface area contributed by atoms with Crippen molar-refractivity contribution in [3.05, 3.63) is 54.5 Å². The molecule has 4 heterocycles. The minimum Gasteiger partial charge on any atom is -0.459 e. The van der Waals surface area contributed by atoms with Gasteiger partial charge in [-0.2, -0.15) is 5.10 Å². The lowest BCUT2D eigenvalue weighted by Gasteiger charge is -2.36. The van der Waals surface area contributed by atoms with Gasteiger partial charge in [0.25, 0.3) is 5.91 Å². The summed E-state index contributed by atoms with van der Waals surface area (Å²) in [4.78, 5) is 23.5. The van der Waals surface area contributed by atoms with Crippen molar-refractivity contribution < 1.29 is 9.21 Å². The molecule has 1 atom stereocenters. The highest BCUT2D eigenvalue weighted by atomic mass is 16.3. The second kappa shape index (κ2) is 6.16. The lowest BCUT2D eigenvalue weighted by atomic mass is 9.99. The van der Waals surface area contributed by atoms with Crippen molar-refractivity contribution in [3.63, 3.8) is 0 Å². The molecule has 0 spiro atoms. The Morgan fingerprint density at radius 2 is 2.16 bits per heavy atom. The minimum absolute atomic E-state index is 0.110. The monoisotopic (exact) mass is 337 g/mol. The molecule has 7 nitrogen and oxygen atoms in total. The molecule has 7 heteroatoms. The fourth-order valence-corrected chi connectivity index (χ4v) is 3.26. The summed E-state index contributed by atoms with van der Waals surface area (Å²) in [6, 6.07) is 7.07. The smallest absolute Gasteiger partial charge is 0.290 e. The van der Waals surface area contributed by atoms with E-state index in [1.165, 1.54) is 6.26 Å². The molecule has 0 fully saturated rings. The maximum atomic E-state index is 12.8. The van der Waals surface area contributed by atoms with Crippen LogP contribution in [0.5, 0.6) is 0 Å². The summed E-state index contributed by atoms with van der Waals surface area (Å²) in [5.41, 5.74) is 0.871. The lowest BCUT2D eigenvalue weighted by Crippen LogP contribution is -2.44. The van der Waals surface area contributed by atoms with Gasteiger partial charge >= 0.3 is 0 Å². The quantitative estimate of drug-likeness (QED) is 0.734. The van der Waals surface area contributed by atoms with Crippen LogP contribution in [0.4, 0.5) is 0 Å². The molecule has 0 unspecified atom stereocenters. The van der Waals surface area contributed by atoms with Gasteiger partial charge in [0.05, 0.1) is 18.8 Å². The van der Waals surface area contributed by atoms with Crippen LogP contribution < -0.4 is 0 Å². The van der Waals surface area contributed by atoms with E-state index < -0.39 is 0 Å². The second-order valence-corrected chi connectivity index (χ2v) is 6.42. The van der Waals surface area contributed by atoms with Gasteiger partial charge in [0.1, 0.15) is 0 Å². The van der Waals surface area contributed by atoms with Gasteiger partial charge in [-0.3, -0.25) is 9.78 Å². The summed E-state index contributed by atoms with van der Waals surface area (Å²) >= 11 is 0. The second-order valence-electron chi connectivity index (χ2n) is 6.42. The van der Waals surface area contributed by atoms with Crippen molar-refractivity contribution >= 4 is 5.91 Å². The third-order valence-corrected chi connectivity index (χ3v) is 4.40. The van der Waals surface area contributed by atoms with E-state index >= 15 is 0 Å². The van der Waals surface area contributed by atoms with Crippen molar-refractivity contribution in [2.45, 2.75) is 26.4 Å². The fourth-order valence-electron chi connectivity index (χ4n) is 3.26. The topological polar surface area (TPSA) is 77.1 Å². The molecule has 3 aromatic rings. The normalized spacial score (nSPS) is 16.9. The van der Waals surface area contributed by atoms with E-state index in [1.54, 1.807) is 24.5 Å². The Morgan fingerprint density at radius 3 is 2.84 bits per heavy atom. The fraction of sp³-hybridized carbons (Fsp3) is 0.333. The Labute approximate surface area is 145 Å². The Balaban J connectivity index is 1.72. The number of rotatable bonds is 3. The summed E-state index contributed by atoms with van der Waals surface area (Å²) in [5, 5.41) is 4.61. The first-order valence-corrected chi connectivity index (χ1v) is 8.35. The largest absolute Gasteiger partial charge is 0.459 e. The first kappa shape index (κ1) is 15.6.